The quantitative estimate of drug-likeness (QED) is 0.817. The van der Waals surface area contributed by atoms with Crippen molar-refractivity contribution >= 4 is 11.7 Å². The highest BCUT2D eigenvalue weighted by atomic mass is 16.4. The van der Waals surface area contributed by atoms with Crippen LogP contribution in [0.4, 0.5) is 5.69 Å². The molecule has 0 aromatic heterocycles. The summed E-state index contributed by atoms with van der Waals surface area (Å²) in [5.41, 5.74) is 0.955. The minimum absolute atomic E-state index is 0.0698. The molecule has 90 valence electrons. The van der Waals surface area contributed by atoms with E-state index in [0.717, 1.165) is 5.69 Å². The predicted octanol–water partition coefficient (Wildman–Crippen LogP) is 2.27. The van der Waals surface area contributed by atoms with Crippen LogP contribution in [-0.4, -0.2) is 23.7 Å². The SMILES string of the molecule is CC(CC(=O)O)N(CCC#N)c1ccccc1. The van der Waals surface area contributed by atoms with Gasteiger partial charge in [0, 0.05) is 18.3 Å². The summed E-state index contributed by atoms with van der Waals surface area (Å²) in [6, 6.07) is 11.5. The second kappa shape index (κ2) is 6.54. The number of anilines is 1. The molecule has 0 saturated heterocycles. The number of carboxylic acids is 1. The summed E-state index contributed by atoms with van der Waals surface area (Å²) in [5.74, 6) is -0.824. The lowest BCUT2D eigenvalue weighted by atomic mass is 10.1. The van der Waals surface area contributed by atoms with Gasteiger partial charge >= 0.3 is 5.97 Å². The molecule has 1 rings (SSSR count). The van der Waals surface area contributed by atoms with E-state index in [1.54, 1.807) is 0 Å². The summed E-state index contributed by atoms with van der Waals surface area (Å²) >= 11 is 0. The van der Waals surface area contributed by atoms with Gasteiger partial charge in [0.1, 0.15) is 0 Å². The lowest BCUT2D eigenvalue weighted by Gasteiger charge is -2.29. The summed E-state index contributed by atoms with van der Waals surface area (Å²) in [6.45, 7) is 2.41. The summed E-state index contributed by atoms with van der Waals surface area (Å²) < 4.78 is 0. The van der Waals surface area contributed by atoms with E-state index in [9.17, 15) is 4.79 Å². The average molecular weight is 232 g/mol. The van der Waals surface area contributed by atoms with Gasteiger partial charge < -0.3 is 10.0 Å². The Balaban J connectivity index is 2.80. The highest BCUT2D eigenvalue weighted by Gasteiger charge is 2.16. The Kier molecular flexibility index (Phi) is 5.02. The second-order valence-corrected chi connectivity index (χ2v) is 3.88. The van der Waals surface area contributed by atoms with Crippen LogP contribution in [0.2, 0.25) is 0 Å². The number of rotatable bonds is 6. The van der Waals surface area contributed by atoms with Crippen molar-refractivity contribution in [2.45, 2.75) is 25.8 Å². The maximum atomic E-state index is 10.7. The molecule has 0 aliphatic rings. The molecule has 4 nitrogen and oxygen atoms in total. The van der Waals surface area contributed by atoms with Crippen molar-refractivity contribution in [1.29, 1.82) is 5.26 Å². The number of hydrogen-bond acceptors (Lipinski definition) is 3. The van der Waals surface area contributed by atoms with Gasteiger partial charge in [0.15, 0.2) is 0 Å². The van der Waals surface area contributed by atoms with Crippen LogP contribution in [0.5, 0.6) is 0 Å². The molecule has 0 heterocycles. The minimum atomic E-state index is -0.824. The van der Waals surface area contributed by atoms with Crippen LogP contribution in [0.25, 0.3) is 0 Å². The standard InChI is InChI=1S/C13H16N2O2/c1-11(10-13(16)17)15(9-5-8-14)12-6-3-2-4-7-12/h2-4,6-7,11H,5,9-10H2,1H3,(H,16,17). The van der Waals surface area contributed by atoms with Crippen LogP contribution in [0.1, 0.15) is 19.8 Å². The average Bonchev–Trinajstić information content (AvgIpc) is 2.30. The van der Waals surface area contributed by atoms with E-state index in [4.69, 9.17) is 10.4 Å². The van der Waals surface area contributed by atoms with E-state index in [2.05, 4.69) is 6.07 Å². The number of nitrogens with zero attached hydrogens (tertiary/aromatic N) is 2. The van der Waals surface area contributed by atoms with Crippen LogP contribution in [0, 0.1) is 11.3 Å². The molecule has 0 bridgehead atoms. The van der Waals surface area contributed by atoms with Crippen LogP contribution >= 0.6 is 0 Å². The van der Waals surface area contributed by atoms with E-state index in [0.29, 0.717) is 13.0 Å². The Bertz CT molecular complexity index is 398. The number of para-hydroxylation sites is 1. The summed E-state index contributed by atoms with van der Waals surface area (Å²) in [6.07, 6.45) is 0.458. The third-order valence-corrected chi connectivity index (χ3v) is 2.55. The zero-order chi connectivity index (χ0) is 12.7. The Labute approximate surface area is 101 Å². The fraction of sp³-hybridized carbons (Fsp3) is 0.385. The van der Waals surface area contributed by atoms with Crippen molar-refractivity contribution < 1.29 is 9.90 Å². The number of nitriles is 1. The number of carboxylic acid groups (broad SMARTS) is 1. The fourth-order valence-corrected chi connectivity index (χ4v) is 1.76. The van der Waals surface area contributed by atoms with Crippen LogP contribution in [-0.2, 0) is 4.79 Å². The molecule has 1 aromatic rings. The molecule has 0 saturated carbocycles. The van der Waals surface area contributed by atoms with Gasteiger partial charge in [0.2, 0.25) is 0 Å². The molecule has 0 fully saturated rings. The van der Waals surface area contributed by atoms with Crippen molar-refractivity contribution in [3.8, 4) is 6.07 Å². The normalized spacial score (nSPS) is 11.5. The van der Waals surface area contributed by atoms with Crippen molar-refractivity contribution in [2.24, 2.45) is 0 Å². The van der Waals surface area contributed by atoms with E-state index in [-0.39, 0.29) is 12.5 Å². The van der Waals surface area contributed by atoms with E-state index in [1.807, 2.05) is 42.2 Å². The zero-order valence-electron chi connectivity index (χ0n) is 9.84. The first-order chi connectivity index (χ1) is 8.15. The molecule has 4 heteroatoms. The van der Waals surface area contributed by atoms with Gasteiger partial charge in [-0.05, 0) is 19.1 Å². The molecule has 1 aromatic carbocycles. The van der Waals surface area contributed by atoms with Crippen LogP contribution in [0.15, 0.2) is 30.3 Å². The van der Waals surface area contributed by atoms with Gasteiger partial charge in [-0.3, -0.25) is 4.79 Å². The van der Waals surface area contributed by atoms with Crippen LogP contribution < -0.4 is 4.90 Å². The molecule has 17 heavy (non-hydrogen) atoms. The van der Waals surface area contributed by atoms with Crippen molar-refractivity contribution in [1.82, 2.24) is 0 Å². The molecule has 1 N–H and O–H groups in total. The van der Waals surface area contributed by atoms with Gasteiger partial charge in [-0.15, -0.1) is 0 Å². The summed E-state index contributed by atoms with van der Waals surface area (Å²) in [5, 5.41) is 17.4. The lowest BCUT2D eigenvalue weighted by Crippen LogP contribution is -2.35. The zero-order valence-corrected chi connectivity index (χ0v) is 9.84. The summed E-state index contributed by atoms with van der Waals surface area (Å²) in [4.78, 5) is 12.7. The van der Waals surface area contributed by atoms with E-state index >= 15 is 0 Å². The maximum absolute atomic E-state index is 10.7. The van der Waals surface area contributed by atoms with Gasteiger partial charge in [0.25, 0.3) is 0 Å². The van der Waals surface area contributed by atoms with Gasteiger partial charge in [-0.1, -0.05) is 18.2 Å². The third-order valence-electron chi connectivity index (χ3n) is 2.55. The second-order valence-electron chi connectivity index (χ2n) is 3.88. The monoisotopic (exact) mass is 232 g/mol. The highest BCUT2D eigenvalue weighted by Crippen LogP contribution is 2.18. The van der Waals surface area contributed by atoms with Crippen LogP contribution in [0.3, 0.4) is 0 Å². The number of benzene rings is 1. The fourth-order valence-electron chi connectivity index (χ4n) is 1.76. The molecule has 0 spiro atoms. The summed E-state index contributed by atoms with van der Waals surface area (Å²) in [7, 11) is 0. The molecule has 0 radical (unpaired) electrons. The largest absolute Gasteiger partial charge is 0.481 e. The number of aliphatic carboxylic acids is 1. The topological polar surface area (TPSA) is 64.3 Å². The first-order valence-corrected chi connectivity index (χ1v) is 5.55. The molecule has 0 aliphatic carbocycles. The van der Waals surface area contributed by atoms with Crippen molar-refractivity contribution in [3.63, 3.8) is 0 Å². The number of hydrogen-bond donors (Lipinski definition) is 1. The Hall–Kier alpha value is -2.02. The van der Waals surface area contributed by atoms with Gasteiger partial charge in [-0.25, -0.2) is 0 Å². The Morgan fingerprint density at radius 3 is 2.65 bits per heavy atom. The predicted molar refractivity (Wildman–Crippen MR) is 65.7 cm³/mol. The third kappa shape index (κ3) is 4.15. The maximum Gasteiger partial charge on any atom is 0.305 e. The smallest absolute Gasteiger partial charge is 0.305 e. The highest BCUT2D eigenvalue weighted by molar-refractivity contribution is 5.68. The van der Waals surface area contributed by atoms with Crippen molar-refractivity contribution in [3.05, 3.63) is 30.3 Å². The Morgan fingerprint density at radius 2 is 2.12 bits per heavy atom. The first-order valence-electron chi connectivity index (χ1n) is 5.55. The first kappa shape index (κ1) is 13.0. The van der Waals surface area contributed by atoms with E-state index in [1.165, 1.54) is 0 Å². The van der Waals surface area contributed by atoms with E-state index < -0.39 is 5.97 Å². The molecule has 0 amide bonds. The molecular weight excluding hydrogens is 216 g/mol. The molecule has 1 atom stereocenters. The molecule has 0 aliphatic heterocycles. The molecule has 1 unspecified atom stereocenters. The minimum Gasteiger partial charge on any atom is -0.481 e. The number of carbonyl (C=O) groups is 1. The molecular formula is C13H16N2O2. The van der Waals surface area contributed by atoms with Crippen molar-refractivity contribution in [2.75, 3.05) is 11.4 Å². The van der Waals surface area contributed by atoms with Gasteiger partial charge in [0.05, 0.1) is 18.9 Å². The Morgan fingerprint density at radius 1 is 1.47 bits per heavy atom. The van der Waals surface area contributed by atoms with Gasteiger partial charge in [-0.2, -0.15) is 5.26 Å². The lowest BCUT2D eigenvalue weighted by molar-refractivity contribution is -0.137.